The van der Waals surface area contributed by atoms with Gasteiger partial charge in [0.15, 0.2) is 0 Å². The Morgan fingerprint density at radius 1 is 1.29 bits per heavy atom. The highest BCUT2D eigenvalue weighted by atomic mass is 19.1. The second-order valence-corrected chi connectivity index (χ2v) is 5.94. The van der Waals surface area contributed by atoms with Gasteiger partial charge in [0, 0.05) is 18.8 Å². The number of ether oxygens (including phenoxy) is 1. The van der Waals surface area contributed by atoms with E-state index in [-0.39, 0.29) is 17.7 Å². The maximum absolute atomic E-state index is 13.0. The quantitative estimate of drug-likeness (QED) is 0.876. The van der Waals surface area contributed by atoms with Crippen LogP contribution in [0.25, 0.3) is 0 Å². The number of esters is 1. The van der Waals surface area contributed by atoms with E-state index in [4.69, 9.17) is 4.74 Å². The van der Waals surface area contributed by atoms with Crippen LogP contribution in [0.5, 0.6) is 0 Å². The van der Waals surface area contributed by atoms with Crippen molar-refractivity contribution in [2.75, 3.05) is 25.1 Å². The molecule has 2 unspecified atom stereocenters. The average Bonchev–Trinajstić information content (AvgIpc) is 2.62. The summed E-state index contributed by atoms with van der Waals surface area (Å²) in [5, 5.41) is 10.5. The lowest BCUT2D eigenvalue weighted by atomic mass is 9.89. The number of nitrogens with zero attached hydrogens (tertiary/aromatic N) is 1. The molecule has 3 rings (SSSR count). The van der Waals surface area contributed by atoms with Crippen LogP contribution in [0.4, 0.5) is 10.1 Å². The van der Waals surface area contributed by atoms with Crippen molar-refractivity contribution in [2.24, 2.45) is 0 Å². The van der Waals surface area contributed by atoms with E-state index in [1.807, 2.05) is 24.3 Å². The summed E-state index contributed by atoms with van der Waals surface area (Å²) in [4.78, 5) is 14.0. The summed E-state index contributed by atoms with van der Waals surface area (Å²) in [6.45, 7) is 1.03. The summed E-state index contributed by atoms with van der Waals surface area (Å²) < 4.78 is 17.9. The number of hydrogen-bond donors (Lipinski definition) is 1. The predicted molar refractivity (Wildman–Crippen MR) is 89.4 cm³/mol. The Hall–Kier alpha value is -2.40. The van der Waals surface area contributed by atoms with Crippen LogP contribution >= 0.6 is 0 Å². The van der Waals surface area contributed by atoms with E-state index in [9.17, 15) is 14.3 Å². The fraction of sp³-hybridized carbons (Fsp3) is 0.316. The molecule has 24 heavy (non-hydrogen) atoms. The Balaban J connectivity index is 1.81. The minimum absolute atomic E-state index is 0.235. The SMILES string of the molecule is COC(=O)C1CCN(CC(O)c2ccc(F)cc2)c2ccccc21. The van der Waals surface area contributed by atoms with Crippen molar-refractivity contribution in [3.63, 3.8) is 0 Å². The number of anilines is 1. The van der Waals surface area contributed by atoms with Crippen LogP contribution in [0.3, 0.4) is 0 Å². The zero-order chi connectivity index (χ0) is 17.1. The molecule has 0 amide bonds. The van der Waals surface area contributed by atoms with E-state index in [2.05, 4.69) is 4.90 Å². The minimum Gasteiger partial charge on any atom is -0.469 e. The molecular weight excluding hydrogens is 309 g/mol. The zero-order valence-electron chi connectivity index (χ0n) is 13.5. The highest BCUT2D eigenvalue weighted by Gasteiger charge is 2.31. The van der Waals surface area contributed by atoms with Crippen LogP contribution in [0.2, 0.25) is 0 Å². The molecule has 1 heterocycles. The Morgan fingerprint density at radius 2 is 2.00 bits per heavy atom. The van der Waals surface area contributed by atoms with Crippen LogP contribution in [0.15, 0.2) is 48.5 Å². The standard InChI is InChI=1S/C19H20FNO3/c1-24-19(23)16-10-11-21(17-5-3-2-4-15(16)17)12-18(22)13-6-8-14(20)9-7-13/h2-9,16,18,22H,10-12H2,1H3. The molecule has 0 fully saturated rings. The molecule has 1 N–H and O–H groups in total. The van der Waals surface area contributed by atoms with Crippen LogP contribution in [-0.2, 0) is 9.53 Å². The van der Waals surface area contributed by atoms with E-state index >= 15 is 0 Å². The minimum atomic E-state index is -0.728. The van der Waals surface area contributed by atoms with Gasteiger partial charge in [0.2, 0.25) is 0 Å². The largest absolute Gasteiger partial charge is 0.469 e. The molecular formula is C19H20FNO3. The number of benzene rings is 2. The third kappa shape index (κ3) is 3.26. The molecule has 0 saturated carbocycles. The lowest BCUT2D eigenvalue weighted by Gasteiger charge is -2.35. The summed E-state index contributed by atoms with van der Waals surface area (Å²) >= 11 is 0. The van der Waals surface area contributed by atoms with Crippen LogP contribution in [-0.4, -0.2) is 31.3 Å². The second kappa shape index (κ2) is 7.01. The van der Waals surface area contributed by atoms with E-state index in [0.29, 0.717) is 25.1 Å². The van der Waals surface area contributed by atoms with Crippen molar-refractivity contribution in [3.8, 4) is 0 Å². The summed E-state index contributed by atoms with van der Waals surface area (Å²) in [5.41, 5.74) is 2.52. The maximum Gasteiger partial charge on any atom is 0.313 e. The van der Waals surface area contributed by atoms with Gasteiger partial charge in [-0.3, -0.25) is 4.79 Å². The van der Waals surface area contributed by atoms with Crippen molar-refractivity contribution in [1.82, 2.24) is 0 Å². The van der Waals surface area contributed by atoms with Gasteiger partial charge in [0.1, 0.15) is 5.82 Å². The Bertz CT molecular complexity index is 717. The summed E-state index contributed by atoms with van der Waals surface area (Å²) in [6.07, 6.45) is -0.0897. The van der Waals surface area contributed by atoms with Crippen LogP contribution in [0, 0.1) is 5.82 Å². The van der Waals surface area contributed by atoms with E-state index in [1.165, 1.54) is 19.2 Å². The average molecular weight is 329 g/mol. The monoisotopic (exact) mass is 329 g/mol. The van der Waals surface area contributed by atoms with E-state index < -0.39 is 6.10 Å². The molecule has 2 aromatic rings. The van der Waals surface area contributed by atoms with Gasteiger partial charge in [-0.1, -0.05) is 30.3 Å². The molecule has 2 aromatic carbocycles. The molecule has 0 aromatic heterocycles. The number of halogens is 1. The molecule has 5 heteroatoms. The molecule has 126 valence electrons. The highest BCUT2D eigenvalue weighted by molar-refractivity contribution is 5.81. The number of para-hydroxylation sites is 1. The molecule has 1 aliphatic rings. The second-order valence-electron chi connectivity index (χ2n) is 5.94. The molecule has 0 spiro atoms. The van der Waals surface area contributed by atoms with E-state index in [1.54, 1.807) is 12.1 Å². The van der Waals surface area contributed by atoms with Crippen LogP contribution in [0.1, 0.15) is 29.6 Å². The normalized spacial score (nSPS) is 18.0. The Kier molecular flexibility index (Phi) is 4.81. The third-order valence-corrected chi connectivity index (χ3v) is 4.47. The topological polar surface area (TPSA) is 49.8 Å². The number of hydrogen-bond acceptors (Lipinski definition) is 4. The van der Waals surface area contributed by atoms with Gasteiger partial charge < -0.3 is 14.7 Å². The number of β-amino-alcohol motifs (C(OH)–C–C–N with tert-alkyl or cyclic N) is 1. The maximum atomic E-state index is 13.0. The number of aliphatic hydroxyl groups excluding tert-OH is 1. The number of carbonyl (C=O) groups is 1. The molecule has 4 nitrogen and oxygen atoms in total. The lowest BCUT2D eigenvalue weighted by molar-refractivity contribution is -0.142. The number of rotatable bonds is 4. The third-order valence-electron chi connectivity index (χ3n) is 4.47. The van der Waals surface area contributed by atoms with Crippen molar-refractivity contribution in [1.29, 1.82) is 0 Å². The van der Waals surface area contributed by atoms with Gasteiger partial charge in [-0.15, -0.1) is 0 Å². The smallest absolute Gasteiger partial charge is 0.313 e. The summed E-state index contributed by atoms with van der Waals surface area (Å²) in [5.74, 6) is -0.832. The fourth-order valence-electron chi connectivity index (χ4n) is 3.21. The molecule has 1 aliphatic heterocycles. The van der Waals surface area contributed by atoms with Crippen molar-refractivity contribution in [2.45, 2.75) is 18.4 Å². The van der Waals surface area contributed by atoms with Gasteiger partial charge in [0.05, 0.1) is 19.1 Å². The molecule has 0 bridgehead atoms. The van der Waals surface area contributed by atoms with Gasteiger partial charge in [-0.25, -0.2) is 4.39 Å². The molecule has 2 atom stereocenters. The highest BCUT2D eigenvalue weighted by Crippen LogP contribution is 2.36. The summed E-state index contributed by atoms with van der Waals surface area (Å²) in [6, 6.07) is 13.5. The number of carbonyl (C=O) groups excluding carboxylic acids is 1. The van der Waals surface area contributed by atoms with Gasteiger partial charge in [-0.2, -0.15) is 0 Å². The number of aliphatic hydroxyl groups is 1. The first-order valence-corrected chi connectivity index (χ1v) is 7.95. The van der Waals surface area contributed by atoms with Gasteiger partial charge in [-0.05, 0) is 35.7 Å². The van der Waals surface area contributed by atoms with E-state index in [0.717, 1.165) is 11.3 Å². The summed E-state index contributed by atoms with van der Waals surface area (Å²) in [7, 11) is 1.40. The van der Waals surface area contributed by atoms with Crippen LogP contribution < -0.4 is 4.90 Å². The first-order valence-electron chi connectivity index (χ1n) is 7.95. The number of methoxy groups -OCH3 is 1. The number of fused-ring (bicyclic) bond motifs is 1. The molecule has 0 saturated heterocycles. The fourth-order valence-corrected chi connectivity index (χ4v) is 3.21. The van der Waals surface area contributed by atoms with Crippen molar-refractivity contribution >= 4 is 11.7 Å². The molecule has 0 aliphatic carbocycles. The Labute approximate surface area is 140 Å². The van der Waals surface area contributed by atoms with Crippen molar-refractivity contribution < 1.29 is 19.0 Å². The first-order chi connectivity index (χ1) is 11.6. The van der Waals surface area contributed by atoms with Gasteiger partial charge in [0.25, 0.3) is 0 Å². The predicted octanol–water partition coefficient (Wildman–Crippen LogP) is 3.03. The zero-order valence-corrected chi connectivity index (χ0v) is 13.5. The van der Waals surface area contributed by atoms with Crippen molar-refractivity contribution in [3.05, 3.63) is 65.5 Å². The lowest BCUT2D eigenvalue weighted by Crippen LogP contribution is -2.36. The molecule has 0 radical (unpaired) electrons. The Morgan fingerprint density at radius 3 is 2.71 bits per heavy atom. The first kappa shape index (κ1) is 16.5. The van der Waals surface area contributed by atoms with Gasteiger partial charge >= 0.3 is 5.97 Å².